The Morgan fingerprint density at radius 3 is 2.77 bits per heavy atom. The Morgan fingerprint density at radius 2 is 2.03 bits per heavy atom. The highest BCUT2D eigenvalue weighted by molar-refractivity contribution is 7.14. The van der Waals surface area contributed by atoms with Crippen LogP contribution in [0, 0.1) is 0 Å². The largest absolute Gasteiger partial charge is 0.353 e. The number of carbonyl (C=O) groups is 2. The fraction of sp³-hybridized carbons (Fsp3) is 0.500. The molecule has 160 valence electrons. The van der Waals surface area contributed by atoms with Gasteiger partial charge in [-0.1, -0.05) is 30.3 Å². The first-order valence-electron chi connectivity index (χ1n) is 10.7. The fourth-order valence-corrected chi connectivity index (χ4v) is 4.98. The number of urea groups is 1. The van der Waals surface area contributed by atoms with E-state index in [-0.39, 0.29) is 24.4 Å². The van der Waals surface area contributed by atoms with Crippen LogP contribution in [0.2, 0.25) is 0 Å². The highest BCUT2D eigenvalue weighted by Gasteiger charge is 2.25. The lowest BCUT2D eigenvalue weighted by molar-refractivity contribution is -0.121. The van der Waals surface area contributed by atoms with E-state index >= 15 is 0 Å². The monoisotopic (exact) mass is 427 g/mol. The number of hydrogen-bond acceptors (Lipinski definition) is 5. The fourth-order valence-electron chi connectivity index (χ4n) is 4.13. The van der Waals surface area contributed by atoms with Crippen LogP contribution in [0.15, 0.2) is 35.7 Å². The van der Waals surface area contributed by atoms with Crippen LogP contribution in [0.4, 0.5) is 9.93 Å². The summed E-state index contributed by atoms with van der Waals surface area (Å²) < 4.78 is 0. The average molecular weight is 428 g/mol. The lowest BCUT2D eigenvalue weighted by atomic mass is 10.00. The van der Waals surface area contributed by atoms with Crippen LogP contribution in [0.3, 0.4) is 0 Å². The Kier molecular flexibility index (Phi) is 6.64. The van der Waals surface area contributed by atoms with Gasteiger partial charge in [0.05, 0.1) is 12.1 Å². The topological polar surface area (TPSA) is 77.6 Å². The first-order chi connectivity index (χ1) is 14.6. The molecule has 1 aromatic carbocycles. The third-order valence-corrected chi connectivity index (χ3v) is 6.83. The van der Waals surface area contributed by atoms with E-state index in [1.54, 1.807) is 4.90 Å². The van der Waals surface area contributed by atoms with Crippen molar-refractivity contribution in [2.24, 2.45) is 0 Å². The van der Waals surface area contributed by atoms with E-state index in [1.165, 1.54) is 16.9 Å². The molecule has 2 saturated heterocycles. The molecular formula is C22H29N5O2S. The molecule has 1 unspecified atom stereocenters. The number of hydrogen-bond donors (Lipinski definition) is 2. The second kappa shape index (κ2) is 9.57. The quantitative estimate of drug-likeness (QED) is 0.743. The van der Waals surface area contributed by atoms with Crippen molar-refractivity contribution in [2.75, 3.05) is 31.1 Å². The van der Waals surface area contributed by atoms with E-state index in [0.29, 0.717) is 24.3 Å². The highest BCUT2D eigenvalue weighted by atomic mass is 32.1. The van der Waals surface area contributed by atoms with Crippen molar-refractivity contribution in [2.45, 2.75) is 44.7 Å². The molecule has 2 aliphatic rings. The van der Waals surface area contributed by atoms with E-state index in [4.69, 9.17) is 0 Å². The van der Waals surface area contributed by atoms with Crippen LogP contribution < -0.4 is 15.5 Å². The second-order valence-corrected chi connectivity index (χ2v) is 8.84. The molecule has 1 aromatic heterocycles. The van der Waals surface area contributed by atoms with Gasteiger partial charge in [0.25, 0.3) is 0 Å². The molecule has 4 rings (SSSR count). The highest BCUT2D eigenvalue weighted by Crippen LogP contribution is 2.25. The number of thiazole rings is 1. The van der Waals surface area contributed by atoms with E-state index in [9.17, 15) is 9.59 Å². The van der Waals surface area contributed by atoms with Crippen LogP contribution in [-0.2, 0) is 11.2 Å². The van der Waals surface area contributed by atoms with Crippen molar-refractivity contribution < 1.29 is 9.59 Å². The Labute approximate surface area is 181 Å². The number of benzene rings is 1. The summed E-state index contributed by atoms with van der Waals surface area (Å²) in [5.74, 6) is 0.00417. The van der Waals surface area contributed by atoms with Gasteiger partial charge in [-0.25, -0.2) is 9.78 Å². The number of anilines is 1. The van der Waals surface area contributed by atoms with Gasteiger partial charge in [0, 0.05) is 43.6 Å². The van der Waals surface area contributed by atoms with Crippen LogP contribution in [0.1, 0.15) is 43.5 Å². The van der Waals surface area contributed by atoms with E-state index in [0.717, 1.165) is 38.0 Å². The van der Waals surface area contributed by atoms with E-state index in [2.05, 4.69) is 51.7 Å². The summed E-state index contributed by atoms with van der Waals surface area (Å²) in [5, 5.41) is 8.54. The molecule has 0 radical (unpaired) electrons. The number of piperidine rings is 1. The predicted octanol–water partition coefficient (Wildman–Crippen LogP) is 2.95. The van der Waals surface area contributed by atoms with Crippen LogP contribution in [0.25, 0.3) is 0 Å². The number of aromatic nitrogens is 1. The van der Waals surface area contributed by atoms with Gasteiger partial charge in [0.2, 0.25) is 5.91 Å². The lowest BCUT2D eigenvalue weighted by Crippen LogP contribution is -2.46. The van der Waals surface area contributed by atoms with Crippen molar-refractivity contribution in [3.05, 3.63) is 47.0 Å². The van der Waals surface area contributed by atoms with Crippen LogP contribution in [-0.4, -0.2) is 54.0 Å². The minimum Gasteiger partial charge on any atom is -0.353 e. The van der Waals surface area contributed by atoms with Crippen molar-refractivity contribution in [1.29, 1.82) is 0 Å². The summed E-state index contributed by atoms with van der Waals surface area (Å²) in [4.78, 5) is 33.1. The van der Waals surface area contributed by atoms with Gasteiger partial charge in [-0.05, 0) is 31.7 Å². The molecule has 0 aliphatic carbocycles. The van der Waals surface area contributed by atoms with Crippen molar-refractivity contribution >= 4 is 28.4 Å². The van der Waals surface area contributed by atoms with Gasteiger partial charge in [0.15, 0.2) is 5.13 Å². The maximum absolute atomic E-state index is 12.5. The maximum atomic E-state index is 12.5. The van der Waals surface area contributed by atoms with Crippen molar-refractivity contribution in [3.63, 3.8) is 0 Å². The molecule has 7 nitrogen and oxygen atoms in total. The molecule has 8 heteroatoms. The maximum Gasteiger partial charge on any atom is 0.323 e. The first kappa shape index (κ1) is 20.8. The summed E-state index contributed by atoms with van der Waals surface area (Å²) >= 11 is 1.42. The Balaban J connectivity index is 1.24. The molecule has 2 N–H and O–H groups in total. The number of nitrogens with zero attached hydrogens (tertiary/aromatic N) is 3. The summed E-state index contributed by atoms with van der Waals surface area (Å²) in [5.41, 5.74) is 2.06. The minimum absolute atomic E-state index is 0.00417. The molecule has 2 aliphatic heterocycles. The predicted molar refractivity (Wildman–Crippen MR) is 119 cm³/mol. The number of nitrogens with one attached hydrogen (secondary N) is 2. The molecule has 0 bridgehead atoms. The lowest BCUT2D eigenvalue weighted by Gasteiger charge is -2.36. The summed E-state index contributed by atoms with van der Waals surface area (Å²) in [6.45, 7) is 5.58. The van der Waals surface area contributed by atoms with Gasteiger partial charge in [0.1, 0.15) is 0 Å². The third kappa shape index (κ3) is 4.99. The molecule has 30 heavy (non-hydrogen) atoms. The summed E-state index contributed by atoms with van der Waals surface area (Å²) in [6.07, 6.45) is 3.08. The smallest absolute Gasteiger partial charge is 0.323 e. The number of carbonyl (C=O) groups excluding carboxylic acids is 2. The van der Waals surface area contributed by atoms with Crippen LogP contribution >= 0.6 is 11.3 Å². The number of likely N-dealkylation sites (tertiary alicyclic amines) is 1. The average Bonchev–Trinajstić information content (AvgIpc) is 3.22. The van der Waals surface area contributed by atoms with Crippen LogP contribution in [0.5, 0.6) is 0 Å². The summed E-state index contributed by atoms with van der Waals surface area (Å²) in [6, 6.07) is 11.1. The molecule has 2 fully saturated rings. The van der Waals surface area contributed by atoms with E-state index < -0.39 is 0 Å². The Hall–Kier alpha value is -2.45. The molecular weight excluding hydrogens is 398 g/mol. The molecule has 3 amide bonds. The molecule has 2 aromatic rings. The van der Waals surface area contributed by atoms with Gasteiger partial charge in [-0.3, -0.25) is 14.6 Å². The summed E-state index contributed by atoms with van der Waals surface area (Å²) in [7, 11) is 0. The number of rotatable bonds is 6. The molecule has 1 atom stereocenters. The Morgan fingerprint density at radius 1 is 1.27 bits per heavy atom. The van der Waals surface area contributed by atoms with Gasteiger partial charge < -0.3 is 10.6 Å². The standard InChI is InChI=1S/C22H29N5O2S/c1-16(17-6-3-2-4-7-17)26-12-8-18(9-13-26)24-20(28)14-19-15-30-22(25-19)27-11-5-10-23-21(27)29/h2-4,6-7,15-16,18H,5,8-14H2,1H3,(H,23,29)(H,24,28). The first-order valence-corrected chi connectivity index (χ1v) is 11.6. The molecule has 0 saturated carbocycles. The Bertz CT molecular complexity index is 863. The van der Waals surface area contributed by atoms with Crippen molar-refractivity contribution in [3.8, 4) is 0 Å². The normalized spacial score (nSPS) is 19.4. The minimum atomic E-state index is -0.108. The molecule has 3 heterocycles. The van der Waals surface area contributed by atoms with E-state index in [1.807, 2.05) is 11.4 Å². The third-order valence-electron chi connectivity index (χ3n) is 5.92. The zero-order valence-electron chi connectivity index (χ0n) is 17.3. The van der Waals surface area contributed by atoms with Gasteiger partial charge in [-0.2, -0.15) is 0 Å². The zero-order valence-corrected chi connectivity index (χ0v) is 18.2. The van der Waals surface area contributed by atoms with Gasteiger partial charge >= 0.3 is 6.03 Å². The number of amides is 3. The molecule has 0 spiro atoms. The van der Waals surface area contributed by atoms with Gasteiger partial charge in [-0.15, -0.1) is 11.3 Å². The van der Waals surface area contributed by atoms with Crippen molar-refractivity contribution in [1.82, 2.24) is 20.5 Å². The zero-order chi connectivity index (χ0) is 20.9. The second-order valence-electron chi connectivity index (χ2n) is 8.00. The SMILES string of the molecule is CC(c1ccccc1)N1CCC(NC(=O)Cc2csc(N3CCCNC3=O)n2)CC1.